The van der Waals surface area contributed by atoms with Gasteiger partial charge in [-0.25, -0.2) is 4.98 Å². The van der Waals surface area contributed by atoms with E-state index in [4.69, 9.17) is 4.74 Å². The smallest absolute Gasteiger partial charge is 0.229 e. The van der Waals surface area contributed by atoms with E-state index in [1.807, 2.05) is 23.6 Å². The van der Waals surface area contributed by atoms with Crippen LogP contribution in [-0.4, -0.2) is 61.0 Å². The van der Waals surface area contributed by atoms with Gasteiger partial charge in [-0.15, -0.1) is 11.3 Å². The first-order valence-corrected chi connectivity index (χ1v) is 11.1. The Morgan fingerprint density at radius 2 is 2.03 bits per heavy atom. The number of hydrogen-bond acceptors (Lipinski definition) is 9. The van der Waals surface area contributed by atoms with E-state index >= 15 is 0 Å². The summed E-state index contributed by atoms with van der Waals surface area (Å²) in [6.07, 6.45) is 2.00. The van der Waals surface area contributed by atoms with Crippen molar-refractivity contribution in [1.82, 2.24) is 14.9 Å². The summed E-state index contributed by atoms with van der Waals surface area (Å²) in [5.41, 5.74) is 3.52. The number of likely N-dealkylation sites (N-methyl/N-ethyl adjacent to an activating group) is 1. The Morgan fingerprint density at radius 1 is 1.19 bits per heavy atom. The van der Waals surface area contributed by atoms with Gasteiger partial charge in [0.25, 0.3) is 0 Å². The summed E-state index contributed by atoms with van der Waals surface area (Å²) in [4.78, 5) is 26.9. The third kappa shape index (κ3) is 3.94. The number of thiophene rings is 1. The number of methoxy groups -OCH3 is 1. The summed E-state index contributed by atoms with van der Waals surface area (Å²) >= 11 is 1.44. The number of ketones is 1. The molecule has 0 amide bonds. The van der Waals surface area contributed by atoms with Gasteiger partial charge in [0.1, 0.15) is 11.6 Å². The molecule has 3 aromatic rings. The molecule has 2 aromatic heterocycles. The van der Waals surface area contributed by atoms with Crippen LogP contribution in [0, 0.1) is 0 Å². The van der Waals surface area contributed by atoms with E-state index < -0.39 is 0 Å². The van der Waals surface area contributed by atoms with E-state index in [1.54, 1.807) is 13.3 Å². The molecule has 0 saturated carbocycles. The molecule has 0 radical (unpaired) electrons. The molecule has 0 spiro atoms. The maximum absolute atomic E-state index is 12.4. The maximum Gasteiger partial charge on any atom is 0.229 e. The lowest BCUT2D eigenvalue weighted by molar-refractivity contribution is 0.0998. The van der Waals surface area contributed by atoms with Crippen LogP contribution in [0.25, 0.3) is 0 Å². The van der Waals surface area contributed by atoms with Crippen LogP contribution in [0.4, 0.5) is 28.8 Å². The van der Waals surface area contributed by atoms with Crippen LogP contribution in [0.3, 0.4) is 0 Å². The number of anilines is 5. The molecule has 160 valence electrons. The number of carbonyl (C=O) groups is 1. The van der Waals surface area contributed by atoms with Crippen LogP contribution in [0.5, 0.6) is 5.75 Å². The van der Waals surface area contributed by atoms with E-state index in [0.29, 0.717) is 18.2 Å². The number of benzene rings is 1. The van der Waals surface area contributed by atoms with Crippen molar-refractivity contribution in [2.24, 2.45) is 0 Å². The molecule has 0 atom stereocenters. The highest BCUT2D eigenvalue weighted by Gasteiger charge is 2.22. The Labute approximate surface area is 184 Å². The summed E-state index contributed by atoms with van der Waals surface area (Å²) in [7, 11) is 3.81. The molecule has 2 aliphatic heterocycles. The number of rotatable bonds is 4. The fraction of sp³-hybridized carbons (Fsp3) is 0.318. The van der Waals surface area contributed by atoms with Gasteiger partial charge in [0.05, 0.1) is 23.4 Å². The highest BCUT2D eigenvalue weighted by atomic mass is 32.1. The van der Waals surface area contributed by atoms with Crippen molar-refractivity contribution in [2.75, 3.05) is 55.9 Å². The number of aromatic nitrogens is 2. The minimum atomic E-state index is 0.0849. The first kappa shape index (κ1) is 19.8. The summed E-state index contributed by atoms with van der Waals surface area (Å²) in [5, 5.41) is 8.45. The Bertz CT molecular complexity index is 1120. The van der Waals surface area contributed by atoms with Gasteiger partial charge in [-0.3, -0.25) is 4.79 Å². The van der Waals surface area contributed by atoms with Crippen LogP contribution < -0.4 is 20.3 Å². The molecule has 9 heteroatoms. The molecule has 1 aromatic carbocycles. The molecular formula is C22H24N6O2S. The molecule has 0 unspecified atom stereocenters. The summed E-state index contributed by atoms with van der Waals surface area (Å²) < 4.78 is 5.64. The number of Topliss-reactive ketones (excluding diaryl/α,β-unsaturated/α-hetero) is 1. The number of hydrogen-bond donors (Lipinski definition) is 2. The van der Waals surface area contributed by atoms with Gasteiger partial charge < -0.3 is 25.2 Å². The third-order valence-electron chi connectivity index (χ3n) is 5.69. The second kappa shape index (κ2) is 8.16. The second-order valence-electron chi connectivity index (χ2n) is 7.76. The zero-order valence-corrected chi connectivity index (χ0v) is 18.3. The average Bonchev–Trinajstić information content (AvgIpc) is 3.20. The summed E-state index contributed by atoms with van der Waals surface area (Å²) in [6.45, 7) is 4.09. The number of piperazine rings is 1. The molecule has 31 heavy (non-hydrogen) atoms. The van der Waals surface area contributed by atoms with Gasteiger partial charge in [0, 0.05) is 56.1 Å². The Balaban J connectivity index is 1.38. The molecule has 1 fully saturated rings. The number of ether oxygens (including phenoxy) is 1. The van der Waals surface area contributed by atoms with E-state index in [1.165, 1.54) is 11.3 Å². The van der Waals surface area contributed by atoms with Gasteiger partial charge in [0.2, 0.25) is 5.95 Å². The first-order chi connectivity index (χ1) is 15.1. The SMILES string of the molecule is COc1cc(N2CCN(C)CC2)ccc1Nc1ncc2c(n1)Nc1ccsc1C(=O)C2. The molecule has 8 nitrogen and oxygen atoms in total. The van der Waals surface area contributed by atoms with E-state index in [0.717, 1.165) is 59.4 Å². The maximum atomic E-state index is 12.4. The third-order valence-corrected chi connectivity index (χ3v) is 6.64. The fourth-order valence-electron chi connectivity index (χ4n) is 3.87. The zero-order valence-electron chi connectivity index (χ0n) is 17.5. The van der Waals surface area contributed by atoms with Crippen molar-refractivity contribution in [3.63, 3.8) is 0 Å². The predicted molar refractivity (Wildman–Crippen MR) is 124 cm³/mol. The average molecular weight is 437 g/mol. The van der Waals surface area contributed by atoms with Crippen molar-refractivity contribution < 1.29 is 9.53 Å². The largest absolute Gasteiger partial charge is 0.494 e. The lowest BCUT2D eigenvalue weighted by Crippen LogP contribution is -2.44. The van der Waals surface area contributed by atoms with Gasteiger partial charge in [0.15, 0.2) is 5.78 Å². The number of carbonyl (C=O) groups excluding carboxylic acids is 1. The van der Waals surface area contributed by atoms with E-state index in [-0.39, 0.29) is 5.78 Å². The van der Waals surface area contributed by atoms with Crippen LogP contribution in [0.1, 0.15) is 15.2 Å². The Hall–Kier alpha value is -3.17. The highest BCUT2D eigenvalue weighted by molar-refractivity contribution is 7.12. The lowest BCUT2D eigenvalue weighted by Gasteiger charge is -2.34. The Morgan fingerprint density at radius 3 is 2.84 bits per heavy atom. The molecule has 2 N–H and O–H groups in total. The lowest BCUT2D eigenvalue weighted by atomic mass is 10.1. The van der Waals surface area contributed by atoms with Crippen LogP contribution >= 0.6 is 11.3 Å². The topological polar surface area (TPSA) is 82.6 Å². The molecule has 0 aliphatic carbocycles. The van der Waals surface area contributed by atoms with Crippen LogP contribution in [-0.2, 0) is 6.42 Å². The molecule has 5 rings (SSSR count). The zero-order chi connectivity index (χ0) is 21.4. The molecule has 1 saturated heterocycles. The minimum Gasteiger partial charge on any atom is -0.494 e. The van der Waals surface area contributed by atoms with Crippen molar-refractivity contribution in [1.29, 1.82) is 0 Å². The molecule has 4 heterocycles. The van der Waals surface area contributed by atoms with Crippen molar-refractivity contribution in [3.05, 3.63) is 46.3 Å². The fourth-order valence-corrected chi connectivity index (χ4v) is 4.66. The normalized spacial score (nSPS) is 16.2. The number of nitrogens with zero attached hydrogens (tertiary/aromatic N) is 4. The monoisotopic (exact) mass is 436 g/mol. The number of nitrogens with one attached hydrogen (secondary N) is 2. The van der Waals surface area contributed by atoms with Gasteiger partial charge in [-0.1, -0.05) is 0 Å². The molecule has 0 bridgehead atoms. The van der Waals surface area contributed by atoms with Gasteiger partial charge in [-0.05, 0) is 30.6 Å². The van der Waals surface area contributed by atoms with Crippen LogP contribution in [0.2, 0.25) is 0 Å². The summed E-state index contributed by atoms with van der Waals surface area (Å²) in [6, 6.07) is 8.04. The van der Waals surface area contributed by atoms with Crippen molar-refractivity contribution in [2.45, 2.75) is 6.42 Å². The second-order valence-corrected chi connectivity index (χ2v) is 8.67. The van der Waals surface area contributed by atoms with Gasteiger partial charge >= 0.3 is 0 Å². The quantitative estimate of drug-likeness (QED) is 0.643. The first-order valence-electron chi connectivity index (χ1n) is 10.2. The number of fused-ring (bicyclic) bond motifs is 2. The predicted octanol–water partition coefficient (Wildman–Crippen LogP) is 3.52. The summed E-state index contributed by atoms with van der Waals surface area (Å²) in [5.74, 6) is 1.92. The molecular weight excluding hydrogens is 412 g/mol. The van der Waals surface area contributed by atoms with Gasteiger partial charge in [-0.2, -0.15) is 4.98 Å². The highest BCUT2D eigenvalue weighted by Crippen LogP contribution is 2.34. The minimum absolute atomic E-state index is 0.0849. The molecule has 2 aliphatic rings. The van der Waals surface area contributed by atoms with Crippen LogP contribution in [0.15, 0.2) is 35.8 Å². The standard InChI is InChI=1S/C22H24N6O2S/c1-27-6-8-28(9-7-27)15-3-4-16(19(12-15)30-2)25-22-23-13-14-11-18(29)20-17(5-10-31-20)24-21(14)26-22/h3-5,10,12-13H,6-9,11H2,1-2H3,(H2,23,24,25,26). The van der Waals surface area contributed by atoms with E-state index in [2.05, 4.69) is 43.5 Å². The van der Waals surface area contributed by atoms with Crippen molar-refractivity contribution in [3.8, 4) is 5.75 Å². The van der Waals surface area contributed by atoms with Crippen molar-refractivity contribution >= 4 is 45.9 Å². The van der Waals surface area contributed by atoms with E-state index in [9.17, 15) is 4.79 Å². The Kier molecular flexibility index (Phi) is 5.21.